The maximum Gasteiger partial charge on any atom is 0.283 e. The van der Waals surface area contributed by atoms with E-state index in [1.54, 1.807) is 18.5 Å². The van der Waals surface area contributed by atoms with E-state index in [-0.39, 0.29) is 17.7 Å². The van der Waals surface area contributed by atoms with Crippen LogP contribution >= 0.6 is 0 Å². The third-order valence-corrected chi connectivity index (χ3v) is 4.85. The maximum absolute atomic E-state index is 11.8. The van der Waals surface area contributed by atoms with Crippen LogP contribution in [-0.4, -0.2) is 59.8 Å². The second-order valence-electron chi connectivity index (χ2n) is 6.27. The number of nitrogens with one attached hydrogen (secondary N) is 1. The van der Waals surface area contributed by atoms with Gasteiger partial charge in [0.25, 0.3) is 5.91 Å². The predicted molar refractivity (Wildman–Crippen MR) is 86.2 cm³/mol. The Balaban J connectivity index is 1.41. The fraction of sp³-hybridized carbons (Fsp3) is 0.600. The fourth-order valence-corrected chi connectivity index (χ4v) is 3.37. The van der Waals surface area contributed by atoms with Crippen LogP contribution in [-0.2, 0) is 19.1 Å². The molecule has 0 aliphatic carbocycles. The van der Waals surface area contributed by atoms with E-state index in [1.807, 2.05) is 0 Å². The van der Waals surface area contributed by atoms with E-state index in [2.05, 4.69) is 25.4 Å². The molecule has 0 radical (unpaired) electrons. The van der Waals surface area contributed by atoms with E-state index < -0.39 is 11.7 Å². The zero-order chi connectivity index (χ0) is 17.3. The molecule has 10 heteroatoms. The lowest BCUT2D eigenvalue weighted by Gasteiger charge is -2.40. The molecule has 1 spiro atoms. The van der Waals surface area contributed by atoms with Gasteiger partial charge in [-0.15, -0.1) is 0 Å². The number of piperidine rings is 1. The van der Waals surface area contributed by atoms with E-state index in [9.17, 15) is 4.79 Å². The number of carbonyl (C=O) groups is 1. The molecule has 4 heterocycles. The second kappa shape index (κ2) is 6.54. The normalized spacial score (nSPS) is 27.9. The van der Waals surface area contributed by atoms with Crippen molar-refractivity contribution in [3.8, 4) is 0 Å². The summed E-state index contributed by atoms with van der Waals surface area (Å²) in [5.41, 5.74) is 2.34. The SMILES string of the molecule is NNC(=O)C1=NO[C@@H]2COC3(CCN(c4ncccn4)CC3)OC[C@@H]12. The van der Waals surface area contributed by atoms with Gasteiger partial charge < -0.3 is 19.2 Å². The third kappa shape index (κ3) is 3.03. The molecule has 134 valence electrons. The van der Waals surface area contributed by atoms with E-state index in [0.717, 1.165) is 13.1 Å². The molecule has 1 amide bonds. The summed E-state index contributed by atoms with van der Waals surface area (Å²) in [6.45, 7) is 2.07. The summed E-state index contributed by atoms with van der Waals surface area (Å²) < 4.78 is 12.1. The number of nitrogens with zero attached hydrogens (tertiary/aromatic N) is 4. The smallest absolute Gasteiger partial charge is 0.283 e. The Kier molecular flexibility index (Phi) is 4.24. The van der Waals surface area contributed by atoms with Crippen molar-refractivity contribution in [1.29, 1.82) is 0 Å². The lowest BCUT2D eigenvalue weighted by Crippen LogP contribution is -2.48. The van der Waals surface area contributed by atoms with Crippen molar-refractivity contribution in [3.05, 3.63) is 18.5 Å². The molecular formula is C15H20N6O4. The number of nitrogens with two attached hydrogens (primary N) is 1. The molecule has 0 unspecified atom stereocenters. The summed E-state index contributed by atoms with van der Waals surface area (Å²) in [6.07, 6.45) is 4.49. The summed E-state index contributed by atoms with van der Waals surface area (Å²) >= 11 is 0. The largest absolute Gasteiger partial charge is 0.389 e. The van der Waals surface area contributed by atoms with Crippen LogP contribution in [0.15, 0.2) is 23.6 Å². The van der Waals surface area contributed by atoms with Crippen LogP contribution in [0.25, 0.3) is 0 Å². The molecule has 25 heavy (non-hydrogen) atoms. The van der Waals surface area contributed by atoms with E-state index in [4.69, 9.17) is 20.2 Å². The minimum absolute atomic E-state index is 0.253. The van der Waals surface area contributed by atoms with Gasteiger partial charge in [0.2, 0.25) is 5.95 Å². The monoisotopic (exact) mass is 348 g/mol. The molecule has 1 aromatic heterocycles. The molecule has 2 saturated heterocycles. The van der Waals surface area contributed by atoms with Crippen molar-refractivity contribution in [2.75, 3.05) is 31.2 Å². The van der Waals surface area contributed by atoms with Crippen molar-refractivity contribution >= 4 is 17.6 Å². The minimum Gasteiger partial charge on any atom is -0.389 e. The van der Waals surface area contributed by atoms with Crippen LogP contribution in [0, 0.1) is 5.92 Å². The summed E-state index contributed by atoms with van der Waals surface area (Å²) in [5.74, 6) is 4.49. The van der Waals surface area contributed by atoms with Crippen molar-refractivity contribution in [2.24, 2.45) is 16.9 Å². The highest BCUT2D eigenvalue weighted by molar-refractivity contribution is 6.39. The molecule has 3 aliphatic heterocycles. The van der Waals surface area contributed by atoms with Gasteiger partial charge in [-0.25, -0.2) is 15.8 Å². The van der Waals surface area contributed by atoms with Crippen LogP contribution in [0.3, 0.4) is 0 Å². The number of ether oxygens (including phenoxy) is 2. The minimum atomic E-state index is -0.677. The van der Waals surface area contributed by atoms with Crippen LogP contribution in [0.2, 0.25) is 0 Å². The Morgan fingerprint density at radius 2 is 1.96 bits per heavy atom. The van der Waals surface area contributed by atoms with Crippen LogP contribution in [0.1, 0.15) is 12.8 Å². The van der Waals surface area contributed by atoms with Crippen LogP contribution in [0.4, 0.5) is 5.95 Å². The number of carbonyl (C=O) groups excluding carboxylic acids is 1. The number of hydrogen-bond donors (Lipinski definition) is 2. The van der Waals surface area contributed by atoms with Crippen LogP contribution < -0.4 is 16.2 Å². The first-order chi connectivity index (χ1) is 12.2. The molecule has 0 saturated carbocycles. The summed E-state index contributed by atoms with van der Waals surface area (Å²) in [6, 6.07) is 1.79. The number of rotatable bonds is 2. The average molecular weight is 348 g/mol. The molecule has 0 aromatic carbocycles. The zero-order valence-electron chi connectivity index (χ0n) is 13.6. The Morgan fingerprint density at radius 1 is 1.24 bits per heavy atom. The molecule has 1 aromatic rings. The van der Waals surface area contributed by atoms with Crippen molar-refractivity contribution < 1.29 is 19.1 Å². The Bertz CT molecular complexity index is 661. The summed E-state index contributed by atoms with van der Waals surface area (Å²) in [4.78, 5) is 27.8. The van der Waals surface area contributed by atoms with Crippen LogP contribution in [0.5, 0.6) is 0 Å². The van der Waals surface area contributed by atoms with E-state index >= 15 is 0 Å². The highest BCUT2D eigenvalue weighted by Gasteiger charge is 2.47. The van der Waals surface area contributed by atoms with Gasteiger partial charge in [-0.1, -0.05) is 5.16 Å². The first-order valence-electron chi connectivity index (χ1n) is 8.25. The molecular weight excluding hydrogens is 328 g/mol. The molecule has 3 aliphatic rings. The van der Waals surface area contributed by atoms with Crippen molar-refractivity contribution in [3.63, 3.8) is 0 Å². The van der Waals surface area contributed by atoms with Gasteiger partial charge in [-0.05, 0) is 6.07 Å². The number of oxime groups is 1. The predicted octanol–water partition coefficient (Wildman–Crippen LogP) is -0.819. The molecule has 2 fully saturated rings. The van der Waals surface area contributed by atoms with E-state index in [0.29, 0.717) is 32.0 Å². The molecule has 4 rings (SSSR count). The number of hydrogen-bond acceptors (Lipinski definition) is 9. The quantitative estimate of drug-likeness (QED) is 0.404. The standard InChI is InChI=1S/C15H20N6O4/c16-19-13(22)12-10-8-23-15(24-9-11(10)25-20-12)2-6-21(7-3-15)14-17-4-1-5-18-14/h1,4-5,10-11H,2-3,6-9,16H2,(H,19,22)/t10-,11-/m1/s1. The first-order valence-corrected chi connectivity index (χ1v) is 8.25. The maximum atomic E-state index is 11.8. The summed E-state index contributed by atoms with van der Waals surface area (Å²) in [5, 5.41) is 3.82. The third-order valence-electron chi connectivity index (χ3n) is 4.85. The van der Waals surface area contributed by atoms with E-state index in [1.165, 1.54) is 0 Å². The van der Waals surface area contributed by atoms with Crippen molar-refractivity contribution in [2.45, 2.75) is 24.7 Å². The van der Waals surface area contributed by atoms with Gasteiger partial charge in [0.1, 0.15) is 0 Å². The number of aromatic nitrogens is 2. The van der Waals surface area contributed by atoms with Gasteiger partial charge in [-0.3, -0.25) is 10.2 Å². The molecule has 10 nitrogen and oxygen atoms in total. The van der Waals surface area contributed by atoms with Gasteiger partial charge in [0, 0.05) is 38.3 Å². The fourth-order valence-electron chi connectivity index (χ4n) is 3.37. The second-order valence-corrected chi connectivity index (χ2v) is 6.27. The topological polar surface area (TPSA) is 124 Å². The molecule has 0 bridgehead atoms. The number of anilines is 1. The van der Waals surface area contributed by atoms with Crippen molar-refractivity contribution in [1.82, 2.24) is 15.4 Å². The highest BCUT2D eigenvalue weighted by Crippen LogP contribution is 2.35. The Morgan fingerprint density at radius 3 is 2.68 bits per heavy atom. The lowest BCUT2D eigenvalue weighted by atomic mass is 9.98. The molecule has 2 atom stereocenters. The highest BCUT2D eigenvalue weighted by atomic mass is 16.7. The first kappa shape index (κ1) is 16.2. The Labute approximate surface area is 144 Å². The van der Waals surface area contributed by atoms with Gasteiger partial charge in [0.15, 0.2) is 17.6 Å². The number of fused-ring (bicyclic) bond motifs is 1. The Hall–Kier alpha value is -2.30. The van der Waals surface area contributed by atoms with Gasteiger partial charge in [-0.2, -0.15) is 0 Å². The average Bonchev–Trinajstić information content (AvgIpc) is 3.00. The zero-order valence-corrected chi connectivity index (χ0v) is 13.6. The van der Waals surface area contributed by atoms with Gasteiger partial charge in [0.05, 0.1) is 19.1 Å². The number of amides is 1. The molecule has 3 N–H and O–H groups in total. The van der Waals surface area contributed by atoms with Gasteiger partial charge >= 0.3 is 0 Å². The summed E-state index contributed by atoms with van der Waals surface area (Å²) in [7, 11) is 0. The number of hydrazine groups is 1. The lowest BCUT2D eigenvalue weighted by molar-refractivity contribution is -0.240.